The predicted octanol–water partition coefficient (Wildman–Crippen LogP) is 5.51. The summed E-state index contributed by atoms with van der Waals surface area (Å²) in [7, 11) is 1.67. The molecule has 2 aromatic heterocycles. The number of benzene rings is 2. The van der Waals surface area contributed by atoms with Crippen molar-refractivity contribution in [1.29, 1.82) is 0 Å². The van der Waals surface area contributed by atoms with Crippen LogP contribution >= 0.6 is 34.3 Å². The average molecular weight is 445 g/mol. The van der Waals surface area contributed by atoms with Gasteiger partial charge >= 0.3 is 0 Å². The highest BCUT2D eigenvalue weighted by Crippen LogP contribution is 2.39. The maximum Gasteiger partial charge on any atom is 0.186 e. The highest BCUT2D eigenvalue weighted by atomic mass is 35.5. The highest BCUT2D eigenvalue weighted by molar-refractivity contribution is 7.23. The Morgan fingerprint density at radius 3 is 2.28 bits per heavy atom. The number of rotatable bonds is 3. The molecule has 1 aliphatic rings. The van der Waals surface area contributed by atoms with Gasteiger partial charge in [-0.3, -0.25) is 0 Å². The van der Waals surface area contributed by atoms with Gasteiger partial charge in [0.25, 0.3) is 0 Å². The second-order valence-corrected chi connectivity index (χ2v) is 9.72. The molecule has 150 valence electrons. The van der Waals surface area contributed by atoms with Crippen molar-refractivity contribution < 1.29 is 4.74 Å². The third-order valence-corrected chi connectivity index (χ3v) is 7.95. The molecule has 29 heavy (non-hydrogen) atoms. The first-order valence-corrected chi connectivity index (χ1v) is 11.6. The summed E-state index contributed by atoms with van der Waals surface area (Å²) in [5.41, 5.74) is 4.52. The Hall–Kier alpha value is -2.09. The summed E-state index contributed by atoms with van der Waals surface area (Å²) < 4.78 is 7.71. The van der Waals surface area contributed by atoms with Crippen LogP contribution in [0.25, 0.3) is 20.4 Å². The van der Waals surface area contributed by atoms with E-state index in [1.165, 1.54) is 15.8 Å². The molecule has 4 aromatic rings. The van der Waals surface area contributed by atoms with Crippen LogP contribution in [0.3, 0.4) is 0 Å². The quantitative estimate of drug-likeness (QED) is 0.416. The Morgan fingerprint density at radius 2 is 1.59 bits per heavy atom. The topological polar surface area (TPSA) is 41.5 Å². The van der Waals surface area contributed by atoms with Gasteiger partial charge < -0.3 is 14.5 Å². The van der Waals surface area contributed by atoms with Gasteiger partial charge in [0.2, 0.25) is 0 Å². The minimum atomic E-state index is 0.725. The van der Waals surface area contributed by atoms with Gasteiger partial charge in [-0.15, -0.1) is 0 Å². The monoisotopic (exact) mass is 444 g/mol. The molecule has 0 aliphatic carbocycles. The van der Waals surface area contributed by atoms with Crippen molar-refractivity contribution in [1.82, 2.24) is 9.97 Å². The molecule has 0 bridgehead atoms. The Bertz CT molecular complexity index is 1210. The largest absolute Gasteiger partial charge is 0.494 e. The molecule has 0 saturated carbocycles. The van der Waals surface area contributed by atoms with Gasteiger partial charge in [-0.05, 0) is 43.2 Å². The van der Waals surface area contributed by atoms with Crippen LogP contribution in [0.15, 0.2) is 24.3 Å². The van der Waals surface area contributed by atoms with Crippen molar-refractivity contribution in [3.8, 4) is 5.75 Å². The lowest BCUT2D eigenvalue weighted by Gasteiger charge is -2.34. The molecule has 0 amide bonds. The van der Waals surface area contributed by atoms with Crippen LogP contribution in [-0.4, -0.2) is 43.3 Å². The van der Waals surface area contributed by atoms with Gasteiger partial charge in [-0.2, -0.15) is 0 Å². The lowest BCUT2D eigenvalue weighted by atomic mass is 10.1. The second kappa shape index (κ2) is 7.31. The number of piperazine rings is 1. The molecule has 5 nitrogen and oxygen atoms in total. The van der Waals surface area contributed by atoms with Crippen LogP contribution < -0.4 is 14.5 Å². The van der Waals surface area contributed by atoms with Crippen molar-refractivity contribution in [2.75, 3.05) is 43.1 Å². The molecular weight excluding hydrogens is 424 g/mol. The second-order valence-electron chi connectivity index (χ2n) is 7.32. The smallest absolute Gasteiger partial charge is 0.186 e. The number of hydrogen-bond acceptors (Lipinski definition) is 7. The fraction of sp³-hybridized carbons (Fsp3) is 0.333. The summed E-state index contributed by atoms with van der Waals surface area (Å²) in [5, 5.41) is 2.84. The first kappa shape index (κ1) is 18.9. The van der Waals surface area contributed by atoms with E-state index in [4.69, 9.17) is 26.3 Å². The maximum atomic E-state index is 6.39. The Balaban J connectivity index is 1.37. The first-order chi connectivity index (χ1) is 14.0. The highest BCUT2D eigenvalue weighted by Gasteiger charge is 2.23. The van der Waals surface area contributed by atoms with Crippen LogP contribution in [0.5, 0.6) is 5.75 Å². The number of fused-ring (bicyclic) bond motifs is 2. The van der Waals surface area contributed by atoms with E-state index in [1.807, 2.05) is 12.1 Å². The third-order valence-electron chi connectivity index (χ3n) is 5.31. The zero-order valence-electron chi connectivity index (χ0n) is 16.5. The lowest BCUT2D eigenvalue weighted by molar-refractivity contribution is 0.419. The number of nitrogens with zero attached hydrogens (tertiary/aromatic N) is 4. The van der Waals surface area contributed by atoms with Gasteiger partial charge in [0.1, 0.15) is 11.3 Å². The number of thiazole rings is 2. The first-order valence-electron chi connectivity index (χ1n) is 9.54. The zero-order valence-corrected chi connectivity index (χ0v) is 18.9. The SMILES string of the molecule is COc1ccc(Cl)c2sc(N3CCN(c4nc5c(C)cc(C)cc5s4)CC3)nc12. The molecule has 1 fully saturated rings. The van der Waals surface area contributed by atoms with Crippen molar-refractivity contribution in [3.63, 3.8) is 0 Å². The summed E-state index contributed by atoms with van der Waals surface area (Å²) >= 11 is 9.81. The van der Waals surface area contributed by atoms with Crippen LogP contribution in [-0.2, 0) is 0 Å². The van der Waals surface area contributed by atoms with Gasteiger partial charge in [0.15, 0.2) is 10.3 Å². The molecule has 3 heterocycles. The number of halogens is 1. The van der Waals surface area contributed by atoms with Crippen LogP contribution in [0, 0.1) is 13.8 Å². The van der Waals surface area contributed by atoms with E-state index in [0.29, 0.717) is 0 Å². The van der Waals surface area contributed by atoms with E-state index in [9.17, 15) is 0 Å². The Morgan fingerprint density at radius 1 is 0.931 bits per heavy atom. The minimum Gasteiger partial charge on any atom is -0.494 e. The molecule has 0 unspecified atom stereocenters. The summed E-state index contributed by atoms with van der Waals surface area (Å²) in [6.45, 7) is 7.96. The summed E-state index contributed by atoms with van der Waals surface area (Å²) in [5.74, 6) is 0.769. The summed E-state index contributed by atoms with van der Waals surface area (Å²) in [4.78, 5) is 14.5. The van der Waals surface area contributed by atoms with Crippen molar-refractivity contribution in [2.24, 2.45) is 0 Å². The van der Waals surface area contributed by atoms with E-state index in [0.717, 1.165) is 62.9 Å². The van der Waals surface area contributed by atoms with Crippen molar-refractivity contribution in [3.05, 3.63) is 40.4 Å². The Labute approximate surface area is 182 Å². The van der Waals surface area contributed by atoms with Crippen LogP contribution in [0.4, 0.5) is 10.3 Å². The number of aromatic nitrogens is 2. The third kappa shape index (κ3) is 3.31. The van der Waals surface area contributed by atoms with Gasteiger partial charge in [-0.25, -0.2) is 9.97 Å². The normalized spacial score (nSPS) is 14.9. The molecule has 8 heteroatoms. The van der Waals surface area contributed by atoms with Gasteiger partial charge in [0, 0.05) is 26.2 Å². The Kier molecular flexibility index (Phi) is 4.76. The van der Waals surface area contributed by atoms with E-state index in [2.05, 4.69) is 35.8 Å². The number of aryl methyl sites for hydroxylation is 2. The molecule has 5 rings (SSSR count). The molecule has 0 radical (unpaired) electrons. The number of methoxy groups -OCH3 is 1. The van der Waals surface area contributed by atoms with Crippen molar-refractivity contribution in [2.45, 2.75) is 13.8 Å². The summed E-state index contributed by atoms with van der Waals surface area (Å²) in [6, 6.07) is 8.19. The maximum absolute atomic E-state index is 6.39. The molecular formula is C21H21ClN4OS2. The van der Waals surface area contributed by atoms with Crippen LogP contribution in [0.1, 0.15) is 11.1 Å². The number of hydrogen-bond donors (Lipinski definition) is 0. The zero-order chi connectivity index (χ0) is 20.1. The van der Waals surface area contributed by atoms with Gasteiger partial charge in [0.05, 0.1) is 27.0 Å². The molecule has 2 aromatic carbocycles. The molecule has 1 aliphatic heterocycles. The molecule has 0 atom stereocenters. The van der Waals surface area contributed by atoms with E-state index >= 15 is 0 Å². The van der Waals surface area contributed by atoms with E-state index < -0.39 is 0 Å². The van der Waals surface area contributed by atoms with E-state index in [1.54, 1.807) is 29.8 Å². The standard InChI is InChI=1S/C21H21ClN4OS2/c1-12-10-13(2)17-16(11-12)28-20(23-17)25-6-8-26(9-7-25)21-24-18-15(27-3)5-4-14(22)19(18)29-21/h4-5,10-11H,6-9H2,1-3H3. The number of ether oxygens (including phenoxy) is 1. The van der Waals surface area contributed by atoms with Crippen molar-refractivity contribution >= 4 is 65.0 Å². The molecule has 1 saturated heterocycles. The fourth-order valence-electron chi connectivity index (χ4n) is 3.82. The van der Waals surface area contributed by atoms with Crippen LogP contribution in [0.2, 0.25) is 5.02 Å². The molecule has 0 spiro atoms. The average Bonchev–Trinajstić information content (AvgIpc) is 3.34. The fourth-order valence-corrected chi connectivity index (χ4v) is 6.33. The minimum absolute atomic E-state index is 0.725. The summed E-state index contributed by atoms with van der Waals surface area (Å²) in [6.07, 6.45) is 0. The molecule has 0 N–H and O–H groups in total. The number of anilines is 2. The van der Waals surface area contributed by atoms with E-state index in [-0.39, 0.29) is 0 Å². The predicted molar refractivity (Wildman–Crippen MR) is 125 cm³/mol. The lowest BCUT2D eigenvalue weighted by Crippen LogP contribution is -2.46. The van der Waals surface area contributed by atoms with Gasteiger partial charge in [-0.1, -0.05) is 40.3 Å².